The quantitative estimate of drug-likeness (QED) is 0.340. The number of aliphatic hydroxyl groups is 1. The van der Waals surface area contributed by atoms with Crippen molar-refractivity contribution in [2.75, 3.05) is 13.2 Å². The van der Waals surface area contributed by atoms with Gasteiger partial charge in [0, 0.05) is 29.8 Å². The second-order valence-corrected chi connectivity index (χ2v) is 11.9. The van der Waals surface area contributed by atoms with E-state index in [2.05, 4.69) is 10.3 Å². The number of ketones is 2. The number of Topliss-reactive ketones (excluding diaryl/α,β-unsaturated/α-hetero) is 2. The van der Waals surface area contributed by atoms with E-state index >= 15 is 0 Å². The Kier molecular flexibility index (Phi) is 8.11. The van der Waals surface area contributed by atoms with E-state index < -0.39 is 30.4 Å². The SMILES string of the molecule is O=C1CCC[C@H]1C[C@H](NC(=O)[C@@H]1[C@H]2CCC[C@H]2CN1C(=O)c1cc2c(OCc3ccccc3)cccc2[nH]1)C(=O)CO. The largest absolute Gasteiger partial charge is 0.488 e. The fourth-order valence-corrected chi connectivity index (χ4v) is 7.17. The summed E-state index contributed by atoms with van der Waals surface area (Å²) in [5, 5.41) is 13.2. The van der Waals surface area contributed by atoms with Crippen molar-refractivity contribution in [1.82, 2.24) is 15.2 Å². The number of aliphatic hydroxyl groups excluding tert-OH is 1. The molecule has 220 valence electrons. The molecule has 9 heteroatoms. The van der Waals surface area contributed by atoms with Gasteiger partial charge in [-0.1, -0.05) is 42.8 Å². The van der Waals surface area contributed by atoms with E-state index in [9.17, 15) is 24.3 Å². The Bertz CT molecular complexity index is 1480. The molecule has 5 atom stereocenters. The van der Waals surface area contributed by atoms with E-state index in [1.165, 1.54) is 0 Å². The number of rotatable bonds is 10. The van der Waals surface area contributed by atoms with Crippen molar-refractivity contribution in [3.63, 3.8) is 0 Å². The lowest BCUT2D eigenvalue weighted by molar-refractivity contribution is -0.133. The molecule has 1 aromatic heterocycles. The highest BCUT2D eigenvalue weighted by Crippen LogP contribution is 2.43. The molecule has 42 heavy (non-hydrogen) atoms. The molecule has 2 aliphatic carbocycles. The lowest BCUT2D eigenvalue weighted by Gasteiger charge is -2.29. The number of likely N-dealkylation sites (tertiary alicyclic amines) is 1. The Hall–Kier alpha value is -3.98. The highest BCUT2D eigenvalue weighted by atomic mass is 16.5. The van der Waals surface area contributed by atoms with Crippen molar-refractivity contribution in [3.05, 3.63) is 65.9 Å². The van der Waals surface area contributed by atoms with Crippen LogP contribution >= 0.6 is 0 Å². The lowest BCUT2D eigenvalue weighted by Crippen LogP contribution is -2.53. The van der Waals surface area contributed by atoms with Crippen LogP contribution in [-0.2, 0) is 21.0 Å². The van der Waals surface area contributed by atoms with Crippen molar-refractivity contribution in [3.8, 4) is 5.75 Å². The highest BCUT2D eigenvalue weighted by molar-refractivity contribution is 6.02. The van der Waals surface area contributed by atoms with Gasteiger partial charge in [-0.05, 0) is 67.7 Å². The van der Waals surface area contributed by atoms with E-state index in [1.54, 1.807) is 11.0 Å². The number of carbonyl (C=O) groups is 4. The number of benzene rings is 2. The summed E-state index contributed by atoms with van der Waals surface area (Å²) in [5.74, 6) is -0.505. The molecule has 9 nitrogen and oxygen atoms in total. The highest BCUT2D eigenvalue weighted by Gasteiger charge is 2.50. The van der Waals surface area contributed by atoms with Crippen LogP contribution in [0.25, 0.3) is 10.9 Å². The molecule has 2 aromatic carbocycles. The summed E-state index contributed by atoms with van der Waals surface area (Å²) < 4.78 is 6.10. The van der Waals surface area contributed by atoms with Gasteiger partial charge < -0.3 is 25.0 Å². The molecule has 6 rings (SSSR count). The van der Waals surface area contributed by atoms with Gasteiger partial charge in [0.2, 0.25) is 5.91 Å². The molecule has 3 aliphatic rings. The zero-order valence-electron chi connectivity index (χ0n) is 23.6. The molecule has 0 radical (unpaired) electrons. The number of H-pyrrole nitrogens is 1. The first-order valence-corrected chi connectivity index (χ1v) is 15.0. The van der Waals surface area contributed by atoms with Crippen molar-refractivity contribution in [1.29, 1.82) is 0 Å². The average molecular weight is 572 g/mol. The van der Waals surface area contributed by atoms with Crippen LogP contribution in [0.1, 0.15) is 61.0 Å². The number of nitrogens with one attached hydrogen (secondary N) is 2. The summed E-state index contributed by atoms with van der Waals surface area (Å²) in [6.45, 7) is 0.148. The minimum atomic E-state index is -0.954. The third-order valence-electron chi connectivity index (χ3n) is 9.32. The maximum atomic E-state index is 14.0. The minimum absolute atomic E-state index is 0.00101. The molecular weight excluding hydrogens is 534 g/mol. The Morgan fingerprint density at radius 1 is 1.05 bits per heavy atom. The molecule has 3 N–H and O–H groups in total. The topological polar surface area (TPSA) is 129 Å². The van der Waals surface area contributed by atoms with Gasteiger partial charge in [-0.2, -0.15) is 0 Å². The van der Waals surface area contributed by atoms with Crippen molar-refractivity contribution in [2.24, 2.45) is 17.8 Å². The Labute approximate surface area is 244 Å². The van der Waals surface area contributed by atoms with Gasteiger partial charge in [0.25, 0.3) is 5.91 Å². The van der Waals surface area contributed by atoms with Crippen molar-refractivity contribution < 1.29 is 29.0 Å². The van der Waals surface area contributed by atoms with E-state index in [0.29, 0.717) is 37.4 Å². The van der Waals surface area contributed by atoms with Gasteiger partial charge in [-0.25, -0.2) is 0 Å². The zero-order chi connectivity index (χ0) is 29.2. The number of carbonyl (C=O) groups excluding carboxylic acids is 4. The number of amides is 2. The standard InChI is InChI=1S/C33H37N3O6/c37-18-29(39)26(15-21-9-5-13-28(21)38)35-32(40)31-23-11-4-10-22(23)17-36(31)33(41)27-16-24-25(34-27)12-6-14-30(24)42-19-20-7-2-1-3-8-20/h1-3,6-8,12,14,16,21-23,26,31,34,37H,4-5,9-11,13,15,17-19H2,(H,35,40)/t21-,22-,23-,26-,31-/m0/s1. The van der Waals surface area contributed by atoms with Crippen LogP contribution in [-0.4, -0.2) is 63.6 Å². The fraction of sp³-hybridized carbons (Fsp3) is 0.455. The first kappa shape index (κ1) is 28.2. The molecule has 0 spiro atoms. The van der Waals surface area contributed by atoms with Gasteiger partial charge in [0.1, 0.15) is 36.5 Å². The summed E-state index contributed by atoms with van der Waals surface area (Å²) >= 11 is 0. The molecule has 2 heterocycles. The third-order valence-corrected chi connectivity index (χ3v) is 9.32. The van der Waals surface area contributed by atoms with Gasteiger partial charge >= 0.3 is 0 Å². The molecule has 2 saturated carbocycles. The predicted octanol–water partition coefficient (Wildman–Crippen LogP) is 3.79. The molecular formula is C33H37N3O6. The van der Waals surface area contributed by atoms with Crippen molar-refractivity contribution in [2.45, 2.75) is 63.6 Å². The first-order chi connectivity index (χ1) is 20.4. The van der Waals surface area contributed by atoms with Gasteiger partial charge in [0.05, 0.1) is 6.04 Å². The van der Waals surface area contributed by atoms with Crippen LogP contribution in [0.5, 0.6) is 5.75 Å². The lowest BCUT2D eigenvalue weighted by atomic mass is 9.91. The Morgan fingerprint density at radius 2 is 1.88 bits per heavy atom. The van der Waals surface area contributed by atoms with E-state index in [1.807, 2.05) is 48.5 Å². The number of aromatic nitrogens is 1. The predicted molar refractivity (Wildman–Crippen MR) is 156 cm³/mol. The maximum Gasteiger partial charge on any atom is 0.271 e. The second-order valence-electron chi connectivity index (χ2n) is 11.9. The average Bonchev–Trinajstić information content (AvgIpc) is 3.79. The molecule has 3 aromatic rings. The van der Waals surface area contributed by atoms with Crippen LogP contribution in [0.4, 0.5) is 0 Å². The minimum Gasteiger partial charge on any atom is -0.488 e. The second kappa shape index (κ2) is 12.1. The summed E-state index contributed by atoms with van der Waals surface area (Å²) in [6.07, 6.45) is 4.89. The summed E-state index contributed by atoms with van der Waals surface area (Å²) in [5.41, 5.74) is 2.17. The molecule has 3 fully saturated rings. The summed E-state index contributed by atoms with van der Waals surface area (Å²) in [4.78, 5) is 57.5. The molecule has 1 aliphatic heterocycles. The van der Waals surface area contributed by atoms with Crippen LogP contribution in [0.2, 0.25) is 0 Å². The summed E-state index contributed by atoms with van der Waals surface area (Å²) in [7, 11) is 0. The van der Waals surface area contributed by atoms with E-state index in [4.69, 9.17) is 4.74 Å². The number of fused-ring (bicyclic) bond motifs is 2. The zero-order valence-corrected chi connectivity index (χ0v) is 23.6. The molecule has 0 bridgehead atoms. The Morgan fingerprint density at radius 3 is 2.64 bits per heavy atom. The number of ether oxygens (including phenoxy) is 1. The monoisotopic (exact) mass is 571 g/mol. The number of hydrogen-bond donors (Lipinski definition) is 3. The summed E-state index contributed by atoms with van der Waals surface area (Å²) in [6, 6.07) is 15.6. The number of nitrogens with zero attached hydrogens (tertiary/aromatic N) is 1. The number of aromatic amines is 1. The third kappa shape index (κ3) is 5.57. The van der Waals surface area contributed by atoms with E-state index in [-0.39, 0.29) is 35.9 Å². The van der Waals surface area contributed by atoms with Crippen LogP contribution in [0.3, 0.4) is 0 Å². The normalized spacial score (nSPS) is 24.1. The van der Waals surface area contributed by atoms with Crippen LogP contribution < -0.4 is 10.1 Å². The van der Waals surface area contributed by atoms with Crippen LogP contribution in [0.15, 0.2) is 54.6 Å². The van der Waals surface area contributed by atoms with Gasteiger partial charge in [0.15, 0.2) is 5.78 Å². The maximum absolute atomic E-state index is 14.0. The Balaban J connectivity index is 1.22. The fourth-order valence-electron chi connectivity index (χ4n) is 7.17. The smallest absolute Gasteiger partial charge is 0.271 e. The van der Waals surface area contributed by atoms with Crippen LogP contribution in [0, 0.1) is 17.8 Å². The van der Waals surface area contributed by atoms with Crippen molar-refractivity contribution >= 4 is 34.3 Å². The molecule has 2 amide bonds. The van der Waals surface area contributed by atoms with Gasteiger partial charge in [-0.15, -0.1) is 0 Å². The van der Waals surface area contributed by atoms with E-state index in [0.717, 1.165) is 42.1 Å². The molecule has 1 saturated heterocycles. The molecule has 0 unspecified atom stereocenters. The first-order valence-electron chi connectivity index (χ1n) is 15.0. The number of hydrogen-bond acceptors (Lipinski definition) is 6. The van der Waals surface area contributed by atoms with Gasteiger partial charge in [-0.3, -0.25) is 19.2 Å².